The summed E-state index contributed by atoms with van der Waals surface area (Å²) in [5.74, 6) is 1.76. The second kappa shape index (κ2) is 9.49. The number of ether oxygens (including phenoxy) is 2. The van der Waals surface area contributed by atoms with Gasteiger partial charge >= 0.3 is 0 Å². The molecule has 7 heteroatoms. The van der Waals surface area contributed by atoms with Crippen molar-refractivity contribution in [3.63, 3.8) is 0 Å². The number of aryl methyl sites for hydroxylation is 1. The van der Waals surface area contributed by atoms with Crippen LogP contribution in [0.15, 0.2) is 48.5 Å². The van der Waals surface area contributed by atoms with E-state index >= 15 is 0 Å². The number of thiazole rings is 1. The van der Waals surface area contributed by atoms with Crippen LogP contribution in [0.3, 0.4) is 0 Å². The van der Waals surface area contributed by atoms with Crippen LogP contribution >= 0.6 is 11.3 Å². The van der Waals surface area contributed by atoms with E-state index in [1.54, 1.807) is 14.2 Å². The first-order valence-electron chi connectivity index (χ1n) is 10.3. The second-order valence-corrected chi connectivity index (χ2v) is 8.58. The van der Waals surface area contributed by atoms with Crippen LogP contribution in [0, 0.1) is 6.92 Å². The maximum absolute atomic E-state index is 13.1. The molecular formula is C24H27N3O3S. The van der Waals surface area contributed by atoms with Crippen molar-refractivity contribution in [2.75, 3.05) is 40.4 Å². The number of amides is 1. The molecule has 0 saturated carbocycles. The van der Waals surface area contributed by atoms with Gasteiger partial charge < -0.3 is 14.4 Å². The standard InChI is InChI=1S/C24H27N3O3S/c1-17-22(31-23(25-17)19-6-10-21(30-3)11-7-19)24(28)27-14-12-26(13-15-27)16-18-4-8-20(29-2)9-5-18/h4-11H,12-16H2,1-3H3. The molecule has 0 radical (unpaired) electrons. The zero-order valence-corrected chi connectivity index (χ0v) is 18.9. The zero-order chi connectivity index (χ0) is 21.8. The molecule has 1 aromatic heterocycles. The lowest BCUT2D eigenvalue weighted by Crippen LogP contribution is -2.48. The number of benzene rings is 2. The molecule has 1 amide bonds. The summed E-state index contributed by atoms with van der Waals surface area (Å²) in [6, 6.07) is 15.9. The summed E-state index contributed by atoms with van der Waals surface area (Å²) in [5.41, 5.74) is 3.04. The molecule has 0 atom stereocenters. The Morgan fingerprint density at radius 3 is 2.10 bits per heavy atom. The molecule has 0 N–H and O–H groups in total. The van der Waals surface area contributed by atoms with Crippen LogP contribution in [0.2, 0.25) is 0 Å². The molecular weight excluding hydrogens is 410 g/mol. The monoisotopic (exact) mass is 437 g/mol. The van der Waals surface area contributed by atoms with Crippen molar-refractivity contribution in [3.8, 4) is 22.1 Å². The average Bonchev–Trinajstić information content (AvgIpc) is 3.21. The predicted molar refractivity (Wildman–Crippen MR) is 123 cm³/mol. The van der Waals surface area contributed by atoms with E-state index < -0.39 is 0 Å². The molecule has 3 aromatic rings. The molecule has 6 nitrogen and oxygen atoms in total. The topological polar surface area (TPSA) is 54.9 Å². The van der Waals surface area contributed by atoms with Crippen molar-refractivity contribution in [1.29, 1.82) is 0 Å². The van der Waals surface area contributed by atoms with Gasteiger partial charge in [-0.2, -0.15) is 0 Å². The average molecular weight is 438 g/mol. The van der Waals surface area contributed by atoms with E-state index in [4.69, 9.17) is 9.47 Å². The Kier molecular flexibility index (Phi) is 6.53. The summed E-state index contributed by atoms with van der Waals surface area (Å²) in [4.78, 5) is 22.9. The first-order valence-corrected chi connectivity index (χ1v) is 11.2. The third kappa shape index (κ3) is 4.89. The van der Waals surface area contributed by atoms with Gasteiger partial charge in [-0.05, 0) is 48.9 Å². The number of nitrogens with zero attached hydrogens (tertiary/aromatic N) is 3. The minimum atomic E-state index is 0.0823. The van der Waals surface area contributed by atoms with Crippen molar-refractivity contribution in [2.45, 2.75) is 13.5 Å². The molecule has 1 fully saturated rings. The Morgan fingerprint density at radius 2 is 1.52 bits per heavy atom. The predicted octanol–water partition coefficient (Wildman–Crippen LogP) is 4.09. The van der Waals surface area contributed by atoms with E-state index in [1.807, 2.05) is 48.2 Å². The summed E-state index contributed by atoms with van der Waals surface area (Å²) in [7, 11) is 3.33. The van der Waals surface area contributed by atoms with Crippen molar-refractivity contribution >= 4 is 17.2 Å². The minimum absolute atomic E-state index is 0.0823. The molecule has 0 aliphatic carbocycles. The molecule has 162 valence electrons. The summed E-state index contributed by atoms with van der Waals surface area (Å²) in [5, 5.41) is 0.863. The van der Waals surface area contributed by atoms with Crippen molar-refractivity contribution in [2.24, 2.45) is 0 Å². The molecule has 1 aliphatic heterocycles. The number of rotatable bonds is 6. The van der Waals surface area contributed by atoms with Gasteiger partial charge in [-0.3, -0.25) is 9.69 Å². The molecule has 2 aromatic carbocycles. The highest BCUT2D eigenvalue weighted by atomic mass is 32.1. The van der Waals surface area contributed by atoms with Gasteiger partial charge in [0.1, 0.15) is 21.4 Å². The highest BCUT2D eigenvalue weighted by molar-refractivity contribution is 7.17. The van der Waals surface area contributed by atoms with Gasteiger partial charge in [0.25, 0.3) is 5.91 Å². The maximum atomic E-state index is 13.1. The molecule has 0 spiro atoms. The van der Waals surface area contributed by atoms with Crippen LogP contribution in [-0.2, 0) is 6.54 Å². The number of carbonyl (C=O) groups excluding carboxylic acids is 1. The summed E-state index contributed by atoms with van der Waals surface area (Å²) in [6.45, 7) is 5.97. The van der Waals surface area contributed by atoms with Crippen molar-refractivity contribution in [1.82, 2.24) is 14.8 Å². The maximum Gasteiger partial charge on any atom is 0.265 e. The largest absolute Gasteiger partial charge is 0.497 e. The molecule has 1 saturated heterocycles. The second-order valence-electron chi connectivity index (χ2n) is 7.58. The molecule has 0 unspecified atom stereocenters. The van der Waals surface area contributed by atoms with E-state index in [0.717, 1.165) is 65.4 Å². The van der Waals surface area contributed by atoms with Gasteiger partial charge in [-0.25, -0.2) is 4.98 Å². The third-order valence-corrected chi connectivity index (χ3v) is 6.75. The third-order valence-electron chi connectivity index (χ3n) is 5.55. The SMILES string of the molecule is COc1ccc(CN2CCN(C(=O)c3sc(-c4ccc(OC)cc4)nc3C)CC2)cc1. The summed E-state index contributed by atoms with van der Waals surface area (Å²) >= 11 is 1.47. The summed E-state index contributed by atoms with van der Waals surface area (Å²) < 4.78 is 10.4. The highest BCUT2D eigenvalue weighted by Gasteiger charge is 2.25. The Balaban J connectivity index is 1.37. The van der Waals surface area contributed by atoms with Gasteiger partial charge in [0.15, 0.2) is 0 Å². The number of hydrogen-bond donors (Lipinski definition) is 0. The fraction of sp³-hybridized carbons (Fsp3) is 0.333. The van der Waals surface area contributed by atoms with Crippen molar-refractivity contribution in [3.05, 3.63) is 64.7 Å². The molecule has 2 heterocycles. The first-order chi connectivity index (χ1) is 15.1. The molecule has 4 rings (SSSR count). The Labute approximate surface area is 187 Å². The van der Waals surface area contributed by atoms with Crippen molar-refractivity contribution < 1.29 is 14.3 Å². The molecule has 31 heavy (non-hydrogen) atoms. The lowest BCUT2D eigenvalue weighted by atomic mass is 10.2. The number of aromatic nitrogens is 1. The fourth-order valence-electron chi connectivity index (χ4n) is 3.69. The Bertz CT molecular complexity index is 1020. The van der Waals surface area contributed by atoms with Gasteiger partial charge in [0.2, 0.25) is 0 Å². The van der Waals surface area contributed by atoms with Gasteiger partial charge in [-0.15, -0.1) is 11.3 Å². The lowest BCUT2D eigenvalue weighted by molar-refractivity contribution is 0.0632. The molecule has 0 bridgehead atoms. The number of carbonyl (C=O) groups is 1. The van der Waals surface area contributed by atoms with Crippen LogP contribution in [0.25, 0.3) is 10.6 Å². The van der Waals surface area contributed by atoms with Crippen LogP contribution in [0.5, 0.6) is 11.5 Å². The smallest absolute Gasteiger partial charge is 0.265 e. The highest BCUT2D eigenvalue weighted by Crippen LogP contribution is 2.30. The van der Waals surface area contributed by atoms with Crippen LogP contribution in [0.4, 0.5) is 0 Å². The number of methoxy groups -OCH3 is 2. The Hall–Kier alpha value is -2.90. The lowest BCUT2D eigenvalue weighted by Gasteiger charge is -2.34. The Morgan fingerprint density at radius 1 is 0.935 bits per heavy atom. The van der Waals surface area contributed by atoms with E-state index in [9.17, 15) is 4.79 Å². The van der Waals surface area contributed by atoms with Gasteiger partial charge in [0.05, 0.1) is 19.9 Å². The quantitative estimate of drug-likeness (QED) is 0.581. The fourth-order valence-corrected chi connectivity index (χ4v) is 4.73. The zero-order valence-electron chi connectivity index (χ0n) is 18.1. The van der Waals surface area contributed by atoms with E-state index in [-0.39, 0.29) is 5.91 Å². The number of piperazine rings is 1. The van der Waals surface area contributed by atoms with E-state index in [1.165, 1.54) is 16.9 Å². The summed E-state index contributed by atoms with van der Waals surface area (Å²) in [6.07, 6.45) is 0. The molecule has 1 aliphatic rings. The normalized spacial score (nSPS) is 14.5. The minimum Gasteiger partial charge on any atom is -0.497 e. The van der Waals surface area contributed by atoms with E-state index in [2.05, 4.69) is 22.0 Å². The van der Waals surface area contributed by atoms with Crippen LogP contribution < -0.4 is 9.47 Å². The number of hydrogen-bond acceptors (Lipinski definition) is 6. The van der Waals surface area contributed by atoms with E-state index in [0.29, 0.717) is 0 Å². The van der Waals surface area contributed by atoms with Crippen LogP contribution in [-0.4, -0.2) is 61.1 Å². The van der Waals surface area contributed by atoms with Crippen LogP contribution in [0.1, 0.15) is 20.9 Å². The van der Waals surface area contributed by atoms with Gasteiger partial charge in [-0.1, -0.05) is 12.1 Å². The first kappa shape index (κ1) is 21.3. The van der Waals surface area contributed by atoms with Gasteiger partial charge in [0, 0.05) is 38.3 Å².